The molecule has 3 aromatic rings. The van der Waals surface area contributed by atoms with Crippen molar-refractivity contribution in [1.29, 1.82) is 0 Å². The van der Waals surface area contributed by atoms with Crippen LogP contribution in [-0.2, 0) is 9.59 Å². The van der Waals surface area contributed by atoms with Gasteiger partial charge in [-0.15, -0.1) is 5.10 Å². The topological polar surface area (TPSA) is 81.0 Å². The summed E-state index contributed by atoms with van der Waals surface area (Å²) in [5.74, 6) is -0.763. The maximum Gasteiger partial charge on any atom is 0.272 e. The van der Waals surface area contributed by atoms with E-state index in [-0.39, 0.29) is 16.7 Å². The van der Waals surface area contributed by atoms with Crippen LogP contribution in [0.5, 0.6) is 0 Å². The van der Waals surface area contributed by atoms with E-state index in [2.05, 4.69) is 15.5 Å². The minimum absolute atomic E-state index is 0.279. The summed E-state index contributed by atoms with van der Waals surface area (Å²) in [5, 5.41) is 12.0. The Balaban J connectivity index is 1.61. The molecule has 0 saturated heterocycles. The van der Waals surface area contributed by atoms with Crippen molar-refractivity contribution in [3.8, 4) is 5.69 Å². The summed E-state index contributed by atoms with van der Waals surface area (Å²) in [4.78, 5) is 26.3. The van der Waals surface area contributed by atoms with Crippen LogP contribution in [-0.4, -0.2) is 32.0 Å². The highest BCUT2D eigenvalue weighted by Crippen LogP contribution is 2.33. The molecule has 1 aromatic heterocycles. The molecule has 0 unspecified atom stereocenters. The number of nitrogens with zero attached hydrogens (tertiary/aromatic N) is 5. The Kier molecular flexibility index (Phi) is 3.87. The summed E-state index contributed by atoms with van der Waals surface area (Å²) in [6.45, 7) is 0. The van der Waals surface area contributed by atoms with E-state index in [1.165, 1.54) is 10.8 Å². The number of carbonyl (C=O) groups is 2. The van der Waals surface area contributed by atoms with Gasteiger partial charge in [0.05, 0.1) is 16.3 Å². The molecular weight excluding hydrogens is 338 g/mol. The number of anilines is 1. The first kappa shape index (κ1) is 15.3. The number of hydrogen-bond donors (Lipinski definition) is 0. The minimum atomic E-state index is -0.385. The maximum absolute atomic E-state index is 12.6. The number of hydrogen-bond acceptors (Lipinski definition) is 6. The normalized spacial score (nSPS) is 14.1. The Labute approximate surface area is 146 Å². The number of thioether (sulfide) groups is 1. The van der Waals surface area contributed by atoms with Crippen molar-refractivity contribution in [3.05, 3.63) is 71.6 Å². The Hall–Kier alpha value is -3.26. The number of tetrazole rings is 1. The van der Waals surface area contributed by atoms with Crippen LogP contribution < -0.4 is 4.90 Å². The first-order valence-corrected chi connectivity index (χ1v) is 8.22. The van der Waals surface area contributed by atoms with Crippen molar-refractivity contribution in [2.24, 2.45) is 0 Å². The summed E-state index contributed by atoms with van der Waals surface area (Å²) in [7, 11) is 0. The lowest BCUT2D eigenvalue weighted by Gasteiger charge is -2.14. The molecule has 7 nitrogen and oxygen atoms in total. The predicted octanol–water partition coefficient (Wildman–Crippen LogP) is 2.21. The highest BCUT2D eigenvalue weighted by molar-refractivity contribution is 8.04. The molecule has 1 aliphatic heterocycles. The van der Waals surface area contributed by atoms with Gasteiger partial charge in [-0.3, -0.25) is 9.59 Å². The molecule has 1 aliphatic rings. The molecule has 0 N–H and O–H groups in total. The van der Waals surface area contributed by atoms with Gasteiger partial charge in [-0.2, -0.15) is 4.68 Å². The minimum Gasteiger partial charge on any atom is -0.269 e. The quantitative estimate of drug-likeness (QED) is 0.672. The van der Waals surface area contributed by atoms with Gasteiger partial charge in [-0.05, 0) is 46.5 Å². The molecule has 0 bridgehead atoms. The van der Waals surface area contributed by atoms with Gasteiger partial charge in [-0.1, -0.05) is 36.4 Å². The second-order valence-electron chi connectivity index (χ2n) is 5.13. The lowest BCUT2D eigenvalue weighted by Crippen LogP contribution is -2.30. The smallest absolute Gasteiger partial charge is 0.269 e. The third kappa shape index (κ3) is 2.83. The number of imide groups is 1. The average molecular weight is 349 g/mol. The average Bonchev–Trinajstić information content (AvgIpc) is 3.21. The molecule has 122 valence electrons. The molecule has 0 spiro atoms. The maximum atomic E-state index is 12.6. The Morgan fingerprint density at radius 2 is 1.48 bits per heavy atom. The summed E-state index contributed by atoms with van der Waals surface area (Å²) in [5.41, 5.74) is 1.30. The number of benzene rings is 2. The monoisotopic (exact) mass is 349 g/mol. The molecule has 25 heavy (non-hydrogen) atoms. The fraction of sp³-hybridized carbons (Fsp3) is 0. The lowest BCUT2D eigenvalue weighted by atomic mass is 10.3. The second kappa shape index (κ2) is 6.33. The van der Waals surface area contributed by atoms with E-state index in [1.807, 2.05) is 36.4 Å². The van der Waals surface area contributed by atoms with Gasteiger partial charge in [0, 0.05) is 6.08 Å². The van der Waals surface area contributed by atoms with Crippen LogP contribution in [0, 0.1) is 0 Å². The molecule has 4 rings (SSSR count). The van der Waals surface area contributed by atoms with Gasteiger partial charge in [0.2, 0.25) is 5.16 Å². The van der Waals surface area contributed by atoms with E-state index in [0.29, 0.717) is 10.8 Å². The molecule has 0 atom stereocenters. The Morgan fingerprint density at radius 3 is 2.16 bits per heavy atom. The number of para-hydroxylation sites is 2. The van der Waals surface area contributed by atoms with E-state index in [4.69, 9.17) is 0 Å². The molecule has 0 aliphatic carbocycles. The first-order chi connectivity index (χ1) is 12.2. The van der Waals surface area contributed by atoms with Gasteiger partial charge in [0.1, 0.15) is 0 Å². The van der Waals surface area contributed by atoms with Crippen molar-refractivity contribution < 1.29 is 9.59 Å². The molecular formula is C17H11N5O2S. The van der Waals surface area contributed by atoms with Crippen molar-refractivity contribution in [2.75, 3.05) is 4.90 Å². The van der Waals surface area contributed by atoms with E-state index >= 15 is 0 Å². The molecule has 2 amide bonds. The van der Waals surface area contributed by atoms with Gasteiger partial charge in [0.15, 0.2) is 0 Å². The SMILES string of the molecule is O=C1C=C(Sc2nnnn2-c2ccccc2)C(=O)N1c1ccccc1. The van der Waals surface area contributed by atoms with Gasteiger partial charge in [-0.25, -0.2) is 4.90 Å². The summed E-state index contributed by atoms with van der Waals surface area (Å²) >= 11 is 1.07. The zero-order chi connectivity index (χ0) is 17.2. The van der Waals surface area contributed by atoms with Crippen LogP contribution in [0.3, 0.4) is 0 Å². The van der Waals surface area contributed by atoms with E-state index in [9.17, 15) is 9.59 Å². The zero-order valence-corrected chi connectivity index (χ0v) is 13.6. The number of carbonyl (C=O) groups excluding carboxylic acids is 2. The third-order valence-electron chi connectivity index (χ3n) is 3.55. The van der Waals surface area contributed by atoms with E-state index in [0.717, 1.165) is 22.3 Å². The molecule has 2 aromatic carbocycles. The molecule has 0 fully saturated rings. The van der Waals surface area contributed by atoms with E-state index in [1.54, 1.807) is 24.3 Å². The van der Waals surface area contributed by atoms with Crippen LogP contribution in [0.25, 0.3) is 5.69 Å². The largest absolute Gasteiger partial charge is 0.272 e. The number of amides is 2. The van der Waals surface area contributed by atoms with E-state index < -0.39 is 0 Å². The van der Waals surface area contributed by atoms with Gasteiger partial charge >= 0.3 is 0 Å². The Bertz CT molecular complexity index is 969. The lowest BCUT2D eigenvalue weighted by molar-refractivity contribution is -0.120. The fourth-order valence-corrected chi connectivity index (χ4v) is 3.26. The standard InChI is InChI=1S/C17H11N5O2S/c23-15-11-14(16(24)21(15)12-7-3-1-4-8-12)25-17-18-19-20-22(17)13-9-5-2-6-10-13/h1-11H. The second-order valence-corrected chi connectivity index (χ2v) is 6.14. The van der Waals surface area contributed by atoms with Crippen molar-refractivity contribution in [3.63, 3.8) is 0 Å². The Morgan fingerprint density at radius 1 is 0.840 bits per heavy atom. The fourth-order valence-electron chi connectivity index (χ4n) is 2.42. The predicted molar refractivity (Wildman–Crippen MR) is 92.0 cm³/mol. The summed E-state index contributed by atoms with van der Waals surface area (Å²) in [6.07, 6.45) is 1.31. The van der Waals surface area contributed by atoms with Crippen LogP contribution >= 0.6 is 11.8 Å². The third-order valence-corrected chi connectivity index (χ3v) is 4.50. The molecule has 8 heteroatoms. The zero-order valence-electron chi connectivity index (χ0n) is 12.8. The molecule has 0 saturated carbocycles. The van der Waals surface area contributed by atoms with Crippen LogP contribution in [0.2, 0.25) is 0 Å². The highest BCUT2D eigenvalue weighted by Gasteiger charge is 2.33. The highest BCUT2D eigenvalue weighted by atomic mass is 32.2. The van der Waals surface area contributed by atoms with Crippen molar-refractivity contribution in [1.82, 2.24) is 20.2 Å². The number of rotatable bonds is 4. The molecule has 2 heterocycles. The number of aromatic nitrogens is 4. The van der Waals surface area contributed by atoms with Crippen LogP contribution in [0.15, 0.2) is 76.8 Å². The van der Waals surface area contributed by atoms with Crippen LogP contribution in [0.1, 0.15) is 0 Å². The molecule has 0 radical (unpaired) electrons. The summed E-state index contributed by atoms with van der Waals surface area (Å²) < 4.78 is 1.52. The van der Waals surface area contributed by atoms with Gasteiger partial charge < -0.3 is 0 Å². The van der Waals surface area contributed by atoms with Crippen LogP contribution in [0.4, 0.5) is 5.69 Å². The first-order valence-electron chi connectivity index (χ1n) is 7.41. The van der Waals surface area contributed by atoms with Crippen molar-refractivity contribution in [2.45, 2.75) is 5.16 Å². The van der Waals surface area contributed by atoms with Crippen molar-refractivity contribution >= 4 is 29.3 Å². The summed E-state index contributed by atoms with van der Waals surface area (Å²) in [6, 6.07) is 18.1. The van der Waals surface area contributed by atoms with Gasteiger partial charge in [0.25, 0.3) is 11.8 Å².